The van der Waals surface area contributed by atoms with Crippen LogP contribution in [0.3, 0.4) is 0 Å². The molecule has 0 spiro atoms. The summed E-state index contributed by atoms with van der Waals surface area (Å²) in [7, 11) is 0. The molecule has 2 heteroatoms. The Morgan fingerprint density at radius 3 is 3.08 bits per heavy atom. The lowest BCUT2D eigenvalue weighted by Crippen LogP contribution is -2.27. The van der Waals surface area contributed by atoms with Crippen LogP contribution >= 0.6 is 0 Å². The van der Waals surface area contributed by atoms with Gasteiger partial charge in [0.05, 0.1) is 6.10 Å². The number of unbranched alkanes of at least 4 members (excludes halogenated alkanes) is 1. The minimum atomic E-state index is 0.431. The van der Waals surface area contributed by atoms with Crippen LogP contribution in [0.2, 0.25) is 0 Å². The van der Waals surface area contributed by atoms with E-state index in [1.807, 2.05) is 0 Å². The number of ether oxygens (including phenoxy) is 1. The molecule has 0 aromatic heterocycles. The third kappa shape index (κ3) is 3.80. The molecule has 0 radical (unpaired) electrons. The second-order valence-corrected chi connectivity index (χ2v) is 3.64. The van der Waals surface area contributed by atoms with Gasteiger partial charge in [0.1, 0.15) is 0 Å². The Balaban J connectivity index is 1.96. The zero-order chi connectivity index (χ0) is 9.52. The predicted molar refractivity (Wildman–Crippen MR) is 54.5 cm³/mol. The van der Waals surface area contributed by atoms with E-state index in [9.17, 15) is 0 Å². The monoisotopic (exact) mass is 181 g/mol. The molecule has 74 valence electrons. The van der Waals surface area contributed by atoms with Crippen molar-refractivity contribution in [1.29, 1.82) is 0 Å². The second-order valence-electron chi connectivity index (χ2n) is 3.64. The first-order valence-corrected chi connectivity index (χ1v) is 5.10. The highest BCUT2D eigenvalue weighted by atomic mass is 16.5. The highest BCUT2D eigenvalue weighted by Gasteiger charge is 2.23. The number of rotatable bonds is 5. The zero-order valence-corrected chi connectivity index (χ0v) is 8.38. The number of nitrogens with one attached hydrogen (secondary N) is 1. The molecule has 2 atom stereocenters. The van der Waals surface area contributed by atoms with Crippen LogP contribution < -0.4 is 5.32 Å². The van der Waals surface area contributed by atoms with Gasteiger partial charge in [-0.1, -0.05) is 0 Å². The van der Waals surface area contributed by atoms with Gasteiger partial charge in [0.25, 0.3) is 0 Å². The first-order valence-electron chi connectivity index (χ1n) is 5.10. The maximum atomic E-state index is 5.47. The topological polar surface area (TPSA) is 21.3 Å². The quantitative estimate of drug-likeness (QED) is 0.511. The van der Waals surface area contributed by atoms with Gasteiger partial charge in [0, 0.05) is 19.6 Å². The minimum Gasteiger partial charge on any atom is -0.378 e. The average Bonchev–Trinajstić information content (AvgIpc) is 2.52. The van der Waals surface area contributed by atoms with Gasteiger partial charge in [-0.3, -0.25) is 0 Å². The Kier molecular flexibility index (Phi) is 4.88. The minimum absolute atomic E-state index is 0.431. The van der Waals surface area contributed by atoms with Crippen molar-refractivity contribution < 1.29 is 4.74 Å². The van der Waals surface area contributed by atoms with Crippen molar-refractivity contribution in [3.63, 3.8) is 0 Å². The van der Waals surface area contributed by atoms with Crippen molar-refractivity contribution in [3.8, 4) is 12.3 Å². The molecule has 2 nitrogen and oxygen atoms in total. The van der Waals surface area contributed by atoms with Gasteiger partial charge >= 0.3 is 0 Å². The first kappa shape index (κ1) is 10.6. The molecule has 0 aliphatic carbocycles. The van der Waals surface area contributed by atoms with Gasteiger partial charge in [-0.15, -0.1) is 12.3 Å². The van der Waals surface area contributed by atoms with Crippen molar-refractivity contribution in [1.82, 2.24) is 5.32 Å². The summed E-state index contributed by atoms with van der Waals surface area (Å²) in [5, 5.41) is 3.42. The first-order chi connectivity index (χ1) is 6.34. The standard InChI is InChI=1S/C11H19NO/c1-3-4-5-7-12-9-11-6-8-13-10(11)2/h1,10-12H,4-9H2,2H3. The molecule has 1 N–H and O–H groups in total. The Bertz CT molecular complexity index is 173. The molecule has 13 heavy (non-hydrogen) atoms. The van der Waals surface area contributed by atoms with Crippen molar-refractivity contribution in [2.45, 2.75) is 32.3 Å². The highest BCUT2D eigenvalue weighted by Crippen LogP contribution is 2.18. The van der Waals surface area contributed by atoms with Crippen molar-refractivity contribution in [3.05, 3.63) is 0 Å². The lowest BCUT2D eigenvalue weighted by atomic mass is 10.0. The molecule has 0 bridgehead atoms. The van der Waals surface area contributed by atoms with Crippen LogP contribution in [0.4, 0.5) is 0 Å². The summed E-state index contributed by atoms with van der Waals surface area (Å²) in [4.78, 5) is 0. The van der Waals surface area contributed by atoms with Gasteiger partial charge in [0.15, 0.2) is 0 Å². The van der Waals surface area contributed by atoms with Crippen molar-refractivity contribution in [2.24, 2.45) is 5.92 Å². The maximum absolute atomic E-state index is 5.47. The molecule has 2 unspecified atom stereocenters. The molecule has 1 fully saturated rings. The van der Waals surface area contributed by atoms with Crippen LogP contribution in [0.5, 0.6) is 0 Å². The number of terminal acetylenes is 1. The van der Waals surface area contributed by atoms with Gasteiger partial charge in [-0.05, 0) is 32.2 Å². The Hall–Kier alpha value is -0.520. The summed E-state index contributed by atoms with van der Waals surface area (Å²) < 4.78 is 5.47. The Labute approximate surface area is 81.0 Å². The maximum Gasteiger partial charge on any atom is 0.0588 e. The number of hydrogen-bond acceptors (Lipinski definition) is 2. The summed E-state index contributed by atoms with van der Waals surface area (Å²) in [5.41, 5.74) is 0. The zero-order valence-electron chi connectivity index (χ0n) is 8.38. The summed E-state index contributed by atoms with van der Waals surface area (Å²) >= 11 is 0. The van der Waals surface area contributed by atoms with Crippen LogP contribution in [0.25, 0.3) is 0 Å². The molecule has 1 rings (SSSR count). The van der Waals surface area contributed by atoms with Crippen LogP contribution in [-0.2, 0) is 4.74 Å². The Morgan fingerprint density at radius 1 is 1.62 bits per heavy atom. The van der Waals surface area contributed by atoms with Crippen LogP contribution in [0.15, 0.2) is 0 Å². The lowest BCUT2D eigenvalue weighted by molar-refractivity contribution is 0.105. The molecular formula is C11H19NO. The van der Waals surface area contributed by atoms with Gasteiger partial charge in [-0.2, -0.15) is 0 Å². The third-order valence-corrected chi connectivity index (χ3v) is 2.61. The third-order valence-electron chi connectivity index (χ3n) is 2.61. The van der Waals surface area contributed by atoms with E-state index < -0.39 is 0 Å². The van der Waals surface area contributed by atoms with Crippen molar-refractivity contribution >= 4 is 0 Å². The lowest BCUT2D eigenvalue weighted by Gasteiger charge is -2.14. The fourth-order valence-electron chi connectivity index (χ4n) is 1.65. The largest absolute Gasteiger partial charge is 0.378 e. The summed E-state index contributed by atoms with van der Waals surface area (Å²) in [5.74, 6) is 3.34. The normalized spacial score (nSPS) is 27.4. The summed E-state index contributed by atoms with van der Waals surface area (Å²) in [6.07, 6.45) is 8.75. The second kappa shape index (κ2) is 6.01. The molecule has 1 saturated heterocycles. The van der Waals surface area contributed by atoms with Crippen LogP contribution in [0.1, 0.15) is 26.2 Å². The van der Waals surface area contributed by atoms with Crippen LogP contribution in [0, 0.1) is 18.3 Å². The fourth-order valence-corrected chi connectivity index (χ4v) is 1.65. The molecule has 1 aliphatic heterocycles. The smallest absolute Gasteiger partial charge is 0.0588 e. The molecule has 1 heterocycles. The van der Waals surface area contributed by atoms with Gasteiger partial charge in [0.2, 0.25) is 0 Å². The molecule has 1 aliphatic rings. The van der Waals surface area contributed by atoms with E-state index in [0.29, 0.717) is 12.0 Å². The van der Waals surface area contributed by atoms with E-state index in [2.05, 4.69) is 18.2 Å². The Morgan fingerprint density at radius 2 is 2.46 bits per heavy atom. The highest BCUT2D eigenvalue weighted by molar-refractivity contribution is 4.83. The van der Waals surface area contributed by atoms with Gasteiger partial charge < -0.3 is 10.1 Å². The van der Waals surface area contributed by atoms with Gasteiger partial charge in [-0.25, -0.2) is 0 Å². The summed E-state index contributed by atoms with van der Waals surface area (Å²) in [6.45, 7) is 5.19. The van der Waals surface area contributed by atoms with Crippen LogP contribution in [-0.4, -0.2) is 25.8 Å². The fraction of sp³-hybridized carbons (Fsp3) is 0.818. The van der Waals surface area contributed by atoms with Crippen molar-refractivity contribution in [2.75, 3.05) is 19.7 Å². The molecule has 0 saturated carbocycles. The molecule has 0 aromatic rings. The average molecular weight is 181 g/mol. The van der Waals surface area contributed by atoms with E-state index in [-0.39, 0.29) is 0 Å². The molecule has 0 amide bonds. The van der Waals surface area contributed by atoms with E-state index >= 15 is 0 Å². The van der Waals surface area contributed by atoms with E-state index in [1.165, 1.54) is 6.42 Å². The molecule has 0 aromatic carbocycles. The summed E-state index contributed by atoms with van der Waals surface area (Å²) in [6, 6.07) is 0. The SMILES string of the molecule is C#CCCCNCC1CCOC1C. The van der Waals surface area contributed by atoms with E-state index in [4.69, 9.17) is 11.2 Å². The van der Waals surface area contributed by atoms with E-state index in [0.717, 1.165) is 32.5 Å². The number of hydrogen-bond donors (Lipinski definition) is 1. The van der Waals surface area contributed by atoms with E-state index in [1.54, 1.807) is 0 Å². The predicted octanol–water partition coefficient (Wildman–Crippen LogP) is 1.41. The molecular weight excluding hydrogens is 162 g/mol.